The second-order valence-electron chi connectivity index (χ2n) is 5.48. The standard InChI is InChI=1S/C16H25NO3/c1-17(8-9-18)11-12-4-7-16(20-3)15-10-13(19-2)5-6-14(12)15/h5-6,10,12,16,18H,4,7-9,11H2,1-3H3. The molecule has 4 heteroatoms. The smallest absolute Gasteiger partial charge is 0.119 e. The molecule has 0 saturated carbocycles. The predicted molar refractivity (Wildman–Crippen MR) is 79.3 cm³/mol. The van der Waals surface area contributed by atoms with Crippen molar-refractivity contribution < 1.29 is 14.6 Å². The van der Waals surface area contributed by atoms with Crippen molar-refractivity contribution >= 4 is 0 Å². The van der Waals surface area contributed by atoms with Crippen LogP contribution in [-0.2, 0) is 4.74 Å². The Labute approximate surface area is 121 Å². The van der Waals surface area contributed by atoms with Crippen LogP contribution in [0.5, 0.6) is 5.75 Å². The van der Waals surface area contributed by atoms with Crippen molar-refractivity contribution in [2.24, 2.45) is 0 Å². The molecule has 0 fully saturated rings. The molecule has 0 aliphatic heterocycles. The second-order valence-corrected chi connectivity index (χ2v) is 5.48. The molecule has 0 bridgehead atoms. The molecule has 112 valence electrons. The third-order valence-electron chi connectivity index (χ3n) is 4.16. The lowest BCUT2D eigenvalue weighted by molar-refractivity contribution is 0.0812. The van der Waals surface area contributed by atoms with Crippen LogP contribution in [0.3, 0.4) is 0 Å². The maximum Gasteiger partial charge on any atom is 0.119 e. The number of aliphatic hydroxyl groups is 1. The first-order valence-electron chi connectivity index (χ1n) is 7.19. The Hall–Kier alpha value is -1.10. The number of methoxy groups -OCH3 is 2. The van der Waals surface area contributed by atoms with Crippen LogP contribution in [0.2, 0.25) is 0 Å². The van der Waals surface area contributed by atoms with Crippen LogP contribution >= 0.6 is 0 Å². The lowest BCUT2D eigenvalue weighted by Gasteiger charge is -2.33. The van der Waals surface area contributed by atoms with Gasteiger partial charge in [0.2, 0.25) is 0 Å². The number of hydrogen-bond donors (Lipinski definition) is 1. The first-order valence-corrected chi connectivity index (χ1v) is 7.19. The molecule has 1 aliphatic carbocycles. The Kier molecular flexibility index (Phi) is 5.40. The van der Waals surface area contributed by atoms with E-state index in [0.717, 1.165) is 31.7 Å². The molecule has 2 atom stereocenters. The summed E-state index contributed by atoms with van der Waals surface area (Å²) < 4.78 is 10.9. The van der Waals surface area contributed by atoms with Crippen LogP contribution in [0.1, 0.15) is 36.0 Å². The molecule has 20 heavy (non-hydrogen) atoms. The summed E-state index contributed by atoms with van der Waals surface area (Å²) in [6.07, 6.45) is 2.32. The Morgan fingerprint density at radius 2 is 2.05 bits per heavy atom. The van der Waals surface area contributed by atoms with Crippen molar-refractivity contribution in [3.8, 4) is 5.75 Å². The van der Waals surface area contributed by atoms with E-state index in [-0.39, 0.29) is 12.7 Å². The summed E-state index contributed by atoms with van der Waals surface area (Å²) in [6, 6.07) is 6.29. The van der Waals surface area contributed by atoms with Gasteiger partial charge in [-0.25, -0.2) is 0 Å². The van der Waals surface area contributed by atoms with E-state index in [1.54, 1.807) is 14.2 Å². The molecule has 1 aliphatic rings. The van der Waals surface area contributed by atoms with Crippen LogP contribution in [0, 0.1) is 0 Å². The van der Waals surface area contributed by atoms with Crippen molar-refractivity contribution in [2.75, 3.05) is 41.0 Å². The van der Waals surface area contributed by atoms with Crippen LogP contribution in [0.4, 0.5) is 0 Å². The summed E-state index contributed by atoms with van der Waals surface area (Å²) >= 11 is 0. The fourth-order valence-corrected chi connectivity index (χ4v) is 3.07. The SMILES string of the molecule is COc1ccc2c(c1)C(OC)CCC2CN(C)CCO. The number of hydrogen-bond acceptors (Lipinski definition) is 4. The van der Waals surface area contributed by atoms with E-state index in [2.05, 4.69) is 24.1 Å². The van der Waals surface area contributed by atoms with Gasteiger partial charge in [0.15, 0.2) is 0 Å². The topological polar surface area (TPSA) is 41.9 Å². The molecule has 1 aromatic carbocycles. The summed E-state index contributed by atoms with van der Waals surface area (Å²) in [4.78, 5) is 2.19. The molecule has 0 saturated heterocycles. The molecular formula is C16H25NO3. The summed E-state index contributed by atoms with van der Waals surface area (Å²) in [6.45, 7) is 1.89. The molecular weight excluding hydrogens is 254 g/mol. The molecule has 0 spiro atoms. The minimum absolute atomic E-state index is 0.166. The number of likely N-dealkylation sites (N-methyl/N-ethyl adjacent to an activating group) is 1. The van der Waals surface area contributed by atoms with E-state index in [1.807, 2.05) is 6.07 Å². The van der Waals surface area contributed by atoms with Gasteiger partial charge in [-0.1, -0.05) is 6.07 Å². The van der Waals surface area contributed by atoms with Gasteiger partial charge in [0, 0.05) is 20.2 Å². The zero-order valence-corrected chi connectivity index (χ0v) is 12.6. The van der Waals surface area contributed by atoms with Crippen LogP contribution in [0.25, 0.3) is 0 Å². The highest BCUT2D eigenvalue weighted by molar-refractivity contribution is 5.41. The van der Waals surface area contributed by atoms with Gasteiger partial charge in [-0.05, 0) is 49.1 Å². The average molecular weight is 279 g/mol. The van der Waals surface area contributed by atoms with Gasteiger partial charge in [0.1, 0.15) is 5.75 Å². The minimum atomic E-state index is 0.166. The van der Waals surface area contributed by atoms with Crippen molar-refractivity contribution in [3.63, 3.8) is 0 Å². The minimum Gasteiger partial charge on any atom is -0.497 e. The zero-order chi connectivity index (χ0) is 14.5. The molecule has 1 aromatic rings. The number of rotatable bonds is 6. The maximum atomic E-state index is 9.03. The van der Waals surface area contributed by atoms with Crippen LogP contribution in [-0.4, -0.2) is 51.0 Å². The predicted octanol–water partition coefficient (Wildman–Crippen LogP) is 2.18. The van der Waals surface area contributed by atoms with Crippen molar-refractivity contribution in [1.29, 1.82) is 0 Å². The van der Waals surface area contributed by atoms with Gasteiger partial charge in [0.25, 0.3) is 0 Å². The Bertz CT molecular complexity index is 436. The summed E-state index contributed by atoms with van der Waals surface area (Å²) in [7, 11) is 5.52. The van der Waals surface area contributed by atoms with E-state index in [9.17, 15) is 0 Å². The first kappa shape index (κ1) is 15.3. The first-order chi connectivity index (χ1) is 9.69. The number of benzene rings is 1. The van der Waals surface area contributed by atoms with E-state index in [0.29, 0.717) is 5.92 Å². The lowest BCUT2D eigenvalue weighted by Crippen LogP contribution is -2.30. The van der Waals surface area contributed by atoms with Gasteiger partial charge < -0.3 is 19.5 Å². The Balaban J connectivity index is 2.23. The number of fused-ring (bicyclic) bond motifs is 1. The molecule has 4 nitrogen and oxygen atoms in total. The maximum absolute atomic E-state index is 9.03. The fraction of sp³-hybridized carbons (Fsp3) is 0.625. The Morgan fingerprint density at radius 3 is 2.70 bits per heavy atom. The van der Waals surface area contributed by atoms with Gasteiger partial charge in [-0.15, -0.1) is 0 Å². The van der Waals surface area contributed by atoms with Crippen molar-refractivity contribution in [1.82, 2.24) is 4.90 Å². The molecule has 0 radical (unpaired) electrons. The second kappa shape index (κ2) is 7.07. The van der Waals surface area contributed by atoms with Gasteiger partial charge in [0.05, 0.1) is 19.8 Å². The van der Waals surface area contributed by atoms with E-state index in [4.69, 9.17) is 14.6 Å². The number of aliphatic hydroxyl groups excluding tert-OH is 1. The summed E-state index contributed by atoms with van der Waals surface area (Å²) in [5.41, 5.74) is 2.61. The molecule has 0 amide bonds. The quantitative estimate of drug-likeness (QED) is 0.866. The van der Waals surface area contributed by atoms with Crippen molar-refractivity contribution in [3.05, 3.63) is 29.3 Å². The van der Waals surface area contributed by atoms with Crippen molar-refractivity contribution in [2.45, 2.75) is 24.9 Å². The van der Waals surface area contributed by atoms with E-state index >= 15 is 0 Å². The molecule has 1 N–H and O–H groups in total. The van der Waals surface area contributed by atoms with Gasteiger partial charge in [-0.3, -0.25) is 0 Å². The Morgan fingerprint density at radius 1 is 1.25 bits per heavy atom. The van der Waals surface area contributed by atoms with Gasteiger partial charge >= 0.3 is 0 Å². The highest BCUT2D eigenvalue weighted by Crippen LogP contribution is 2.40. The fourth-order valence-electron chi connectivity index (χ4n) is 3.07. The highest BCUT2D eigenvalue weighted by atomic mass is 16.5. The van der Waals surface area contributed by atoms with E-state index < -0.39 is 0 Å². The third kappa shape index (κ3) is 3.32. The van der Waals surface area contributed by atoms with Crippen LogP contribution in [0.15, 0.2) is 18.2 Å². The average Bonchev–Trinajstić information content (AvgIpc) is 2.47. The lowest BCUT2D eigenvalue weighted by atomic mass is 9.80. The van der Waals surface area contributed by atoms with E-state index in [1.165, 1.54) is 11.1 Å². The third-order valence-corrected chi connectivity index (χ3v) is 4.16. The molecule has 0 aromatic heterocycles. The largest absolute Gasteiger partial charge is 0.497 e. The molecule has 2 rings (SSSR count). The van der Waals surface area contributed by atoms with Crippen LogP contribution < -0.4 is 4.74 Å². The summed E-state index contributed by atoms with van der Waals surface area (Å²) in [5.74, 6) is 1.38. The monoisotopic (exact) mass is 279 g/mol. The zero-order valence-electron chi connectivity index (χ0n) is 12.6. The molecule has 0 heterocycles. The van der Waals surface area contributed by atoms with Gasteiger partial charge in [-0.2, -0.15) is 0 Å². The number of nitrogens with zero attached hydrogens (tertiary/aromatic N) is 1. The molecule has 2 unspecified atom stereocenters. The summed E-state index contributed by atoms with van der Waals surface area (Å²) in [5, 5.41) is 9.03. The highest BCUT2D eigenvalue weighted by Gasteiger charge is 2.28. The number of ether oxygens (including phenoxy) is 2. The normalized spacial score (nSPS) is 21.9.